The Balaban J connectivity index is 2.93. The van der Waals surface area contributed by atoms with Gasteiger partial charge in [-0.1, -0.05) is 30.3 Å². The lowest BCUT2D eigenvalue weighted by atomic mass is 10.2. The van der Waals surface area contributed by atoms with E-state index in [1.807, 2.05) is 13.0 Å². The quantitative estimate of drug-likeness (QED) is 0.660. The van der Waals surface area contributed by atoms with Crippen LogP contribution in [0.3, 0.4) is 0 Å². The minimum Gasteiger partial charge on any atom is -0.431 e. The number of aromatic nitrogens is 1. The molecule has 62 valence electrons. The van der Waals surface area contributed by atoms with Crippen molar-refractivity contribution in [1.82, 2.24) is 4.98 Å². The average molecular weight is 200 g/mol. The van der Waals surface area contributed by atoms with E-state index in [4.69, 9.17) is 16.0 Å². The lowest BCUT2D eigenvalue weighted by Gasteiger charge is -1.93. The van der Waals surface area contributed by atoms with E-state index in [0.717, 1.165) is 5.56 Å². The van der Waals surface area contributed by atoms with Gasteiger partial charge in [0.15, 0.2) is 5.58 Å². The third-order valence-electron chi connectivity index (χ3n) is 1.68. The summed E-state index contributed by atoms with van der Waals surface area (Å²) in [5, 5.41) is 0.945. The van der Waals surface area contributed by atoms with Gasteiger partial charge in [-0.15, -0.1) is 0 Å². The van der Waals surface area contributed by atoms with E-state index in [1.54, 1.807) is 6.07 Å². The van der Waals surface area contributed by atoms with Crippen LogP contribution < -0.4 is 0 Å². The monoisotopic (exact) mass is 199 g/mol. The number of hydrogen-bond acceptors (Lipinski definition) is 3. The van der Waals surface area contributed by atoms with Gasteiger partial charge in [-0.25, -0.2) is 4.98 Å². The summed E-state index contributed by atoms with van der Waals surface area (Å²) in [5.41, 5.74) is 2.41. The summed E-state index contributed by atoms with van der Waals surface area (Å²) in [7, 11) is 0. The van der Waals surface area contributed by atoms with Crippen molar-refractivity contribution in [3.8, 4) is 0 Å². The molecule has 4 heteroatoms. The number of halogens is 1. The molecule has 0 fully saturated rings. The summed E-state index contributed by atoms with van der Waals surface area (Å²) < 4.78 is 5.25. The molecule has 2 nitrogen and oxygen atoms in total. The highest BCUT2D eigenvalue weighted by molar-refractivity contribution is 7.80. The summed E-state index contributed by atoms with van der Waals surface area (Å²) in [6.45, 7) is 1.94. The summed E-state index contributed by atoms with van der Waals surface area (Å²) in [6, 6.07) is 3.69. The number of thiol groups is 1. The van der Waals surface area contributed by atoms with Gasteiger partial charge in [-0.2, -0.15) is 0 Å². The normalized spacial score (nSPS) is 10.9. The van der Waals surface area contributed by atoms with Crippen LogP contribution in [0.15, 0.2) is 21.8 Å². The fraction of sp³-hybridized carbons (Fsp3) is 0.125. The van der Waals surface area contributed by atoms with Crippen molar-refractivity contribution in [3.05, 3.63) is 22.7 Å². The highest BCUT2D eigenvalue weighted by Gasteiger charge is 2.08. The number of fused-ring (bicyclic) bond motifs is 1. The molecule has 0 unspecified atom stereocenters. The molecule has 0 aliphatic heterocycles. The van der Waals surface area contributed by atoms with Crippen LogP contribution in [-0.4, -0.2) is 4.98 Å². The predicted octanol–water partition coefficient (Wildman–Crippen LogP) is 3.08. The number of aryl methyl sites for hydroxylation is 1. The molecular weight excluding hydrogens is 194 g/mol. The Hall–Kier alpha value is -0.670. The van der Waals surface area contributed by atoms with Gasteiger partial charge in [0.1, 0.15) is 5.52 Å². The minimum absolute atomic E-state index is 0.348. The number of hydrogen-bond donors (Lipinski definition) is 1. The Morgan fingerprint density at radius 1 is 1.50 bits per heavy atom. The van der Waals surface area contributed by atoms with Crippen molar-refractivity contribution < 1.29 is 4.42 Å². The van der Waals surface area contributed by atoms with Gasteiger partial charge in [0.25, 0.3) is 5.22 Å². The molecule has 0 saturated carbocycles. The second kappa shape index (κ2) is 2.68. The first-order valence-electron chi connectivity index (χ1n) is 3.43. The first kappa shape index (κ1) is 7.95. The molecule has 0 amide bonds. The van der Waals surface area contributed by atoms with Crippen LogP contribution in [-0.2, 0) is 0 Å². The maximum absolute atomic E-state index is 5.89. The lowest BCUT2D eigenvalue weighted by molar-refractivity contribution is 0.490. The van der Waals surface area contributed by atoms with Gasteiger partial charge in [0.2, 0.25) is 0 Å². The maximum Gasteiger partial charge on any atom is 0.253 e. The van der Waals surface area contributed by atoms with Gasteiger partial charge >= 0.3 is 0 Å². The van der Waals surface area contributed by atoms with Crippen LogP contribution in [0.25, 0.3) is 11.1 Å². The molecule has 0 radical (unpaired) electrons. The molecule has 0 atom stereocenters. The fourth-order valence-corrected chi connectivity index (χ4v) is 1.47. The number of oxazole rings is 1. The molecule has 2 aromatic rings. The molecule has 1 heterocycles. The zero-order chi connectivity index (χ0) is 8.72. The van der Waals surface area contributed by atoms with Gasteiger partial charge < -0.3 is 4.42 Å². The summed E-state index contributed by atoms with van der Waals surface area (Å²) in [6.07, 6.45) is 0. The molecule has 0 aliphatic rings. The van der Waals surface area contributed by atoms with Crippen LogP contribution in [0.2, 0.25) is 5.02 Å². The molecule has 2 rings (SSSR count). The highest BCUT2D eigenvalue weighted by Crippen LogP contribution is 2.27. The van der Waals surface area contributed by atoms with Crippen LogP contribution in [0, 0.1) is 6.92 Å². The van der Waals surface area contributed by atoms with Gasteiger partial charge in [0.05, 0.1) is 5.02 Å². The molecule has 0 saturated heterocycles. The lowest BCUT2D eigenvalue weighted by Crippen LogP contribution is -1.74. The van der Waals surface area contributed by atoms with Crippen LogP contribution in [0.5, 0.6) is 0 Å². The third-order valence-corrected chi connectivity index (χ3v) is 2.18. The first-order valence-corrected chi connectivity index (χ1v) is 4.25. The standard InChI is InChI=1S/C8H6ClNOS/c1-4-2-3-5(9)6-7(4)11-8(12)10-6/h2-3H,1H3,(H,10,12). The summed E-state index contributed by atoms with van der Waals surface area (Å²) >= 11 is 9.89. The number of benzene rings is 1. The van der Waals surface area contributed by atoms with Gasteiger partial charge in [-0.05, 0) is 18.6 Å². The molecule has 12 heavy (non-hydrogen) atoms. The van der Waals surface area contributed by atoms with E-state index in [9.17, 15) is 0 Å². The van der Waals surface area contributed by atoms with Crippen molar-refractivity contribution in [1.29, 1.82) is 0 Å². The van der Waals surface area contributed by atoms with Crippen LogP contribution >= 0.6 is 24.2 Å². The highest BCUT2D eigenvalue weighted by atomic mass is 35.5. The number of nitrogens with zero attached hydrogens (tertiary/aromatic N) is 1. The van der Waals surface area contributed by atoms with Crippen molar-refractivity contribution in [2.45, 2.75) is 12.1 Å². The average Bonchev–Trinajstić information content (AvgIpc) is 2.41. The topological polar surface area (TPSA) is 26.0 Å². The Morgan fingerprint density at radius 3 is 2.92 bits per heavy atom. The van der Waals surface area contributed by atoms with Crippen LogP contribution in [0.1, 0.15) is 5.56 Å². The second-order valence-corrected chi connectivity index (χ2v) is 3.33. The van der Waals surface area contributed by atoms with E-state index < -0.39 is 0 Å². The van der Waals surface area contributed by atoms with Crippen molar-refractivity contribution >= 4 is 35.3 Å². The molecule has 1 aromatic heterocycles. The molecule has 0 spiro atoms. The SMILES string of the molecule is Cc1ccc(Cl)c2nc(S)oc12. The third kappa shape index (κ3) is 1.09. The van der Waals surface area contributed by atoms with Crippen LogP contribution in [0.4, 0.5) is 0 Å². The smallest absolute Gasteiger partial charge is 0.253 e. The van der Waals surface area contributed by atoms with Gasteiger partial charge in [-0.3, -0.25) is 0 Å². The minimum atomic E-state index is 0.348. The molecule has 1 aromatic carbocycles. The second-order valence-electron chi connectivity index (χ2n) is 2.54. The van der Waals surface area contributed by atoms with E-state index >= 15 is 0 Å². The van der Waals surface area contributed by atoms with Crippen molar-refractivity contribution in [2.75, 3.05) is 0 Å². The summed E-state index contributed by atoms with van der Waals surface area (Å²) in [5.74, 6) is 0. The summed E-state index contributed by atoms with van der Waals surface area (Å²) in [4.78, 5) is 4.04. The number of rotatable bonds is 0. The Morgan fingerprint density at radius 2 is 2.25 bits per heavy atom. The van der Waals surface area contributed by atoms with Crippen molar-refractivity contribution in [3.63, 3.8) is 0 Å². The largest absolute Gasteiger partial charge is 0.431 e. The zero-order valence-corrected chi connectivity index (χ0v) is 7.99. The zero-order valence-electron chi connectivity index (χ0n) is 6.34. The van der Waals surface area contributed by atoms with E-state index in [-0.39, 0.29) is 0 Å². The van der Waals surface area contributed by atoms with Crippen molar-refractivity contribution in [2.24, 2.45) is 0 Å². The van der Waals surface area contributed by atoms with E-state index in [2.05, 4.69) is 17.6 Å². The van der Waals surface area contributed by atoms with E-state index in [1.165, 1.54) is 0 Å². The fourth-order valence-electron chi connectivity index (χ4n) is 1.09. The molecule has 0 bridgehead atoms. The maximum atomic E-state index is 5.89. The van der Waals surface area contributed by atoms with E-state index in [0.29, 0.717) is 21.3 Å². The molecule has 0 aliphatic carbocycles. The Bertz CT molecular complexity index is 399. The molecule has 0 N–H and O–H groups in total. The first-order chi connectivity index (χ1) is 5.68. The molecular formula is C8H6ClNOS. The van der Waals surface area contributed by atoms with Gasteiger partial charge in [0, 0.05) is 0 Å². The Labute approximate surface area is 80.0 Å². The predicted molar refractivity (Wildman–Crippen MR) is 51.0 cm³/mol. The Kier molecular flexibility index (Phi) is 1.77.